The first-order chi connectivity index (χ1) is 29.0. The summed E-state index contributed by atoms with van der Waals surface area (Å²) < 4.78 is 47.6. The topological polar surface area (TPSA) is 236 Å². The minimum Gasteiger partial charge on any atom is -0.462 e. The van der Waals surface area contributed by atoms with E-state index in [0.29, 0.717) is 12.8 Å². The number of aliphatic hydroxyl groups is 3. The Morgan fingerprint density at radius 2 is 1.03 bits per heavy atom. The molecule has 0 aliphatic rings. The smallest absolute Gasteiger partial charge is 0.462 e. The third-order valence-electron chi connectivity index (χ3n) is 9.35. The highest BCUT2D eigenvalue weighted by Gasteiger charge is 2.28. The normalized spacial score (nSPS) is 15.6. The number of hydrogen-bond acceptors (Lipinski definition) is 12. The van der Waals surface area contributed by atoms with Crippen molar-refractivity contribution in [2.75, 3.05) is 26.4 Å². The summed E-state index contributed by atoms with van der Waals surface area (Å²) in [7, 11) is -9.76. The Balaban J connectivity index is 4.74. The van der Waals surface area contributed by atoms with Gasteiger partial charge in [-0.3, -0.25) is 23.2 Å². The van der Waals surface area contributed by atoms with E-state index in [1.807, 2.05) is 24.3 Å². The highest BCUT2D eigenvalue weighted by Crippen LogP contribution is 2.43. The molecule has 0 aromatic rings. The molecule has 0 fully saturated rings. The Bertz CT molecular complexity index is 1310. The zero-order valence-corrected chi connectivity index (χ0v) is 38.9. The van der Waals surface area contributed by atoms with Crippen molar-refractivity contribution in [3.8, 4) is 0 Å². The van der Waals surface area contributed by atoms with Gasteiger partial charge in [0.1, 0.15) is 12.7 Å². The van der Waals surface area contributed by atoms with Crippen molar-refractivity contribution in [1.29, 1.82) is 0 Å². The Labute approximate surface area is 365 Å². The first kappa shape index (κ1) is 59.0. The molecule has 0 amide bonds. The fourth-order valence-electron chi connectivity index (χ4n) is 5.86. The Morgan fingerprint density at radius 3 is 1.57 bits per heavy atom. The first-order valence-electron chi connectivity index (χ1n) is 22.4. The van der Waals surface area contributed by atoms with E-state index in [-0.39, 0.29) is 25.7 Å². The quantitative estimate of drug-likeness (QED) is 0.0145. The average Bonchev–Trinajstić information content (AvgIpc) is 3.19. The van der Waals surface area contributed by atoms with Gasteiger partial charge in [-0.2, -0.15) is 0 Å². The molecule has 0 radical (unpaired) electrons. The zero-order valence-electron chi connectivity index (χ0n) is 37.1. The van der Waals surface area contributed by atoms with Gasteiger partial charge < -0.3 is 39.5 Å². The number of phosphoric ester groups is 2. The monoisotopic (exact) mass is 910 g/mol. The number of unbranched alkanes of at least 4 members (excludes halogenated alkanes) is 13. The molecule has 0 saturated carbocycles. The number of carbonyl (C=O) groups is 2. The average molecular weight is 911 g/mol. The van der Waals surface area contributed by atoms with Crippen LogP contribution in [0, 0.1) is 5.92 Å². The summed E-state index contributed by atoms with van der Waals surface area (Å²) in [6.07, 6.45) is 30.4. The predicted octanol–water partition coefficient (Wildman–Crippen LogP) is 9.25. The molecule has 61 heavy (non-hydrogen) atoms. The van der Waals surface area contributed by atoms with Crippen LogP contribution in [0.25, 0.3) is 0 Å². The van der Waals surface area contributed by atoms with Crippen LogP contribution in [0.15, 0.2) is 48.6 Å². The number of aliphatic hydroxyl groups excluding tert-OH is 3. The molecular weight excluding hydrogens is 830 g/mol. The fraction of sp³-hybridized carbons (Fsp3) is 0.773. The second-order valence-electron chi connectivity index (χ2n) is 15.9. The van der Waals surface area contributed by atoms with Crippen molar-refractivity contribution in [2.45, 2.75) is 186 Å². The van der Waals surface area contributed by atoms with Gasteiger partial charge >= 0.3 is 27.6 Å². The summed E-state index contributed by atoms with van der Waals surface area (Å²) in [6, 6.07) is 0. The van der Waals surface area contributed by atoms with E-state index in [4.69, 9.17) is 23.8 Å². The van der Waals surface area contributed by atoms with Crippen LogP contribution in [0.3, 0.4) is 0 Å². The fourth-order valence-corrected chi connectivity index (χ4v) is 7.02. The standard InChI is InChI=1S/C44H80O15P2/c1-4-5-21-28-39(45)29-23-18-14-12-15-19-24-30-40(46)31-26-33-44(49)59-42(37-58-61(53,54)57-35-41(47)34-56-60(50,51)52)36-55-43(48)32-25-20-16-11-9-7-6-8-10-13-17-22-27-38(2)3/h14-15,18-19,23-24,29-30,38-42,45-47H,4-13,16-17,20-22,25-28,31-37H2,1-3H3,(H,53,54)(H2,50,51,52)/b18-14-,19-15-,29-23+,30-24+/t39-,40-,41+,42-/m1/s1. The lowest BCUT2D eigenvalue weighted by Crippen LogP contribution is -2.30. The first-order valence-corrected chi connectivity index (χ1v) is 25.4. The third kappa shape index (κ3) is 43.1. The number of phosphoric acid groups is 2. The van der Waals surface area contributed by atoms with Crippen molar-refractivity contribution in [3.63, 3.8) is 0 Å². The SMILES string of the molecule is CCCCC[C@@H](O)/C=C/C=C\C/C=C\C=C\[C@@H](O)CCCC(=O)O[C@H](COC(=O)CCCCCCCCCCCCCCC(C)C)COP(=O)(O)OC[C@@H](O)COP(=O)(O)O. The molecule has 0 saturated heterocycles. The minimum atomic E-state index is -4.89. The molecular formula is C44H80O15P2. The maximum atomic E-state index is 12.7. The molecule has 5 atom stereocenters. The Kier molecular flexibility index (Phi) is 37.2. The lowest BCUT2D eigenvalue weighted by molar-refractivity contribution is -0.161. The minimum absolute atomic E-state index is 0.117. The van der Waals surface area contributed by atoms with Gasteiger partial charge in [-0.05, 0) is 38.0 Å². The predicted molar refractivity (Wildman–Crippen MR) is 237 cm³/mol. The highest BCUT2D eigenvalue weighted by molar-refractivity contribution is 7.47. The number of rotatable bonds is 41. The van der Waals surface area contributed by atoms with E-state index < -0.39 is 78.4 Å². The van der Waals surface area contributed by atoms with Gasteiger partial charge in [-0.25, -0.2) is 9.13 Å². The maximum absolute atomic E-state index is 12.7. The Morgan fingerprint density at radius 1 is 0.557 bits per heavy atom. The van der Waals surface area contributed by atoms with Crippen LogP contribution in [-0.2, 0) is 41.8 Å². The molecule has 0 aromatic heterocycles. The third-order valence-corrected chi connectivity index (χ3v) is 10.8. The molecule has 356 valence electrons. The molecule has 0 bridgehead atoms. The molecule has 0 aliphatic heterocycles. The van der Waals surface area contributed by atoms with Crippen LogP contribution < -0.4 is 0 Å². The van der Waals surface area contributed by atoms with Crippen molar-refractivity contribution >= 4 is 27.6 Å². The van der Waals surface area contributed by atoms with Crippen LogP contribution in [-0.4, -0.2) is 92.8 Å². The number of hydrogen-bond donors (Lipinski definition) is 6. The highest BCUT2D eigenvalue weighted by atomic mass is 31.2. The number of esters is 2. The molecule has 0 spiro atoms. The summed E-state index contributed by atoms with van der Waals surface area (Å²) in [6.45, 7) is 3.71. The van der Waals surface area contributed by atoms with E-state index in [2.05, 4.69) is 29.8 Å². The van der Waals surface area contributed by atoms with Crippen LogP contribution in [0.5, 0.6) is 0 Å². The number of carbonyl (C=O) groups excluding carboxylic acids is 2. The Hall–Kier alpha value is -2.00. The van der Waals surface area contributed by atoms with E-state index in [0.717, 1.165) is 50.9 Å². The lowest BCUT2D eigenvalue weighted by atomic mass is 10.0. The van der Waals surface area contributed by atoms with Crippen LogP contribution in [0.1, 0.15) is 162 Å². The zero-order chi connectivity index (χ0) is 45.6. The largest absolute Gasteiger partial charge is 0.472 e. The molecule has 0 aliphatic carbocycles. The number of allylic oxidation sites excluding steroid dienone is 6. The van der Waals surface area contributed by atoms with Gasteiger partial charge in [0.25, 0.3) is 0 Å². The summed E-state index contributed by atoms with van der Waals surface area (Å²) >= 11 is 0. The summed E-state index contributed by atoms with van der Waals surface area (Å²) in [5.74, 6) is -0.476. The van der Waals surface area contributed by atoms with Gasteiger partial charge in [0.05, 0.1) is 32.0 Å². The molecule has 15 nitrogen and oxygen atoms in total. The molecule has 6 N–H and O–H groups in total. The second-order valence-corrected chi connectivity index (χ2v) is 18.5. The molecule has 0 aromatic carbocycles. The summed E-state index contributed by atoms with van der Waals surface area (Å²) in [5, 5.41) is 29.9. The maximum Gasteiger partial charge on any atom is 0.472 e. The van der Waals surface area contributed by atoms with Crippen molar-refractivity contribution in [2.24, 2.45) is 5.92 Å². The second kappa shape index (κ2) is 38.5. The van der Waals surface area contributed by atoms with E-state index in [9.17, 15) is 38.9 Å². The van der Waals surface area contributed by atoms with Crippen molar-refractivity contribution in [1.82, 2.24) is 0 Å². The van der Waals surface area contributed by atoms with E-state index in [1.54, 1.807) is 24.3 Å². The van der Waals surface area contributed by atoms with Gasteiger partial charge in [0.2, 0.25) is 0 Å². The van der Waals surface area contributed by atoms with Crippen molar-refractivity contribution < 1.29 is 71.8 Å². The molecule has 17 heteroatoms. The van der Waals surface area contributed by atoms with E-state index >= 15 is 0 Å². The lowest BCUT2D eigenvalue weighted by Gasteiger charge is -2.20. The van der Waals surface area contributed by atoms with Gasteiger partial charge in [-0.1, -0.05) is 166 Å². The molecule has 0 heterocycles. The van der Waals surface area contributed by atoms with Gasteiger partial charge in [0, 0.05) is 12.8 Å². The molecule has 1 unspecified atom stereocenters. The van der Waals surface area contributed by atoms with Crippen LogP contribution >= 0.6 is 15.6 Å². The van der Waals surface area contributed by atoms with Crippen LogP contribution in [0.4, 0.5) is 0 Å². The van der Waals surface area contributed by atoms with Crippen LogP contribution in [0.2, 0.25) is 0 Å². The summed E-state index contributed by atoms with van der Waals surface area (Å²) in [4.78, 5) is 52.7. The van der Waals surface area contributed by atoms with Crippen molar-refractivity contribution in [3.05, 3.63) is 48.6 Å². The van der Waals surface area contributed by atoms with Gasteiger partial charge in [-0.15, -0.1) is 0 Å². The van der Waals surface area contributed by atoms with Gasteiger partial charge in [0.15, 0.2) is 6.10 Å². The number of ether oxygens (including phenoxy) is 2. The summed E-state index contributed by atoms with van der Waals surface area (Å²) in [5.41, 5.74) is 0. The molecule has 0 rings (SSSR count). The van der Waals surface area contributed by atoms with E-state index in [1.165, 1.54) is 57.8 Å².